The van der Waals surface area contributed by atoms with Gasteiger partial charge in [0.2, 0.25) is 0 Å². The number of carbonyl (C=O) groups is 2. The third-order valence-corrected chi connectivity index (χ3v) is 2.61. The van der Waals surface area contributed by atoms with Gasteiger partial charge in [-0.3, -0.25) is 4.90 Å². The molecular formula is C13H21NO4. The van der Waals surface area contributed by atoms with Crippen LogP contribution in [0.4, 0.5) is 4.79 Å². The van der Waals surface area contributed by atoms with Gasteiger partial charge in [-0.25, -0.2) is 9.59 Å². The minimum absolute atomic E-state index is 0.0370. The Morgan fingerprint density at radius 2 is 2.06 bits per heavy atom. The molecule has 1 fully saturated rings. The zero-order valence-electron chi connectivity index (χ0n) is 11.2. The van der Waals surface area contributed by atoms with Gasteiger partial charge in [0.15, 0.2) is 0 Å². The SMILES string of the molecule is C=CCN(C(=O)OC(C)(C)C)C(C(=O)O)C1CC1. The molecule has 1 aliphatic carbocycles. The summed E-state index contributed by atoms with van der Waals surface area (Å²) < 4.78 is 5.24. The van der Waals surface area contributed by atoms with Gasteiger partial charge in [0.25, 0.3) is 0 Å². The summed E-state index contributed by atoms with van der Waals surface area (Å²) in [7, 11) is 0. The molecule has 1 rings (SSSR count). The largest absolute Gasteiger partial charge is 0.480 e. The van der Waals surface area contributed by atoms with Crippen molar-refractivity contribution >= 4 is 12.1 Å². The van der Waals surface area contributed by atoms with Gasteiger partial charge in [-0.05, 0) is 39.5 Å². The lowest BCUT2D eigenvalue weighted by molar-refractivity contribution is -0.143. The maximum Gasteiger partial charge on any atom is 0.411 e. The molecule has 0 aromatic heterocycles. The normalized spacial score (nSPS) is 16.8. The average molecular weight is 255 g/mol. The molecule has 0 heterocycles. The summed E-state index contributed by atoms with van der Waals surface area (Å²) in [4.78, 5) is 24.6. The minimum Gasteiger partial charge on any atom is -0.480 e. The quantitative estimate of drug-likeness (QED) is 0.765. The fraction of sp³-hybridized carbons (Fsp3) is 0.692. The standard InChI is InChI=1S/C13H21NO4/c1-5-8-14(12(17)18-13(2,3)4)10(11(15)16)9-6-7-9/h5,9-10H,1,6-8H2,2-4H3,(H,15,16). The lowest BCUT2D eigenvalue weighted by atomic mass is 10.1. The van der Waals surface area contributed by atoms with E-state index in [1.54, 1.807) is 20.8 Å². The van der Waals surface area contributed by atoms with Crippen LogP contribution >= 0.6 is 0 Å². The summed E-state index contributed by atoms with van der Waals surface area (Å²) in [5, 5.41) is 9.24. The summed E-state index contributed by atoms with van der Waals surface area (Å²) in [6.07, 6.45) is 2.60. The first-order chi connectivity index (χ1) is 8.26. The van der Waals surface area contributed by atoms with E-state index >= 15 is 0 Å². The maximum absolute atomic E-state index is 12.0. The van der Waals surface area contributed by atoms with Crippen LogP contribution in [-0.2, 0) is 9.53 Å². The summed E-state index contributed by atoms with van der Waals surface area (Å²) in [6, 6.07) is -0.808. The molecule has 0 aromatic carbocycles. The molecule has 1 amide bonds. The highest BCUT2D eigenvalue weighted by Gasteiger charge is 2.43. The van der Waals surface area contributed by atoms with Gasteiger partial charge in [-0.15, -0.1) is 6.58 Å². The second-order valence-electron chi connectivity index (χ2n) is 5.54. The number of rotatable bonds is 5. The van der Waals surface area contributed by atoms with E-state index in [4.69, 9.17) is 4.74 Å². The third-order valence-electron chi connectivity index (χ3n) is 2.61. The first-order valence-corrected chi connectivity index (χ1v) is 6.09. The number of hydrogen-bond acceptors (Lipinski definition) is 3. The maximum atomic E-state index is 12.0. The molecule has 0 spiro atoms. The molecule has 5 heteroatoms. The fourth-order valence-corrected chi connectivity index (χ4v) is 1.76. The Kier molecular flexibility index (Phi) is 4.38. The Bertz CT molecular complexity index is 341. The van der Waals surface area contributed by atoms with Crippen molar-refractivity contribution in [2.45, 2.75) is 45.3 Å². The summed E-state index contributed by atoms with van der Waals surface area (Å²) in [5.74, 6) is -0.944. The Hall–Kier alpha value is -1.52. The predicted molar refractivity (Wildman–Crippen MR) is 67.3 cm³/mol. The van der Waals surface area contributed by atoms with Gasteiger partial charge in [0, 0.05) is 6.54 Å². The van der Waals surface area contributed by atoms with E-state index in [0.29, 0.717) is 0 Å². The van der Waals surface area contributed by atoms with Gasteiger partial charge < -0.3 is 9.84 Å². The molecule has 5 nitrogen and oxygen atoms in total. The van der Waals surface area contributed by atoms with Crippen molar-refractivity contribution in [1.29, 1.82) is 0 Å². The minimum atomic E-state index is -0.981. The highest BCUT2D eigenvalue weighted by atomic mass is 16.6. The first kappa shape index (κ1) is 14.5. The van der Waals surface area contributed by atoms with Crippen LogP contribution in [0.5, 0.6) is 0 Å². The van der Waals surface area contributed by atoms with Crippen molar-refractivity contribution in [3.8, 4) is 0 Å². The number of carboxylic acid groups (broad SMARTS) is 1. The summed E-state index contributed by atoms with van der Waals surface area (Å²) >= 11 is 0. The molecule has 1 atom stereocenters. The lowest BCUT2D eigenvalue weighted by Crippen LogP contribution is -2.48. The zero-order valence-corrected chi connectivity index (χ0v) is 11.2. The Morgan fingerprint density at radius 1 is 1.50 bits per heavy atom. The molecule has 1 unspecified atom stereocenters. The second-order valence-corrected chi connectivity index (χ2v) is 5.54. The monoisotopic (exact) mass is 255 g/mol. The van der Waals surface area contributed by atoms with Crippen LogP contribution in [0.15, 0.2) is 12.7 Å². The van der Waals surface area contributed by atoms with Crippen molar-refractivity contribution in [2.24, 2.45) is 5.92 Å². The average Bonchev–Trinajstić information content (AvgIpc) is 2.97. The van der Waals surface area contributed by atoms with Gasteiger partial charge in [0.05, 0.1) is 0 Å². The van der Waals surface area contributed by atoms with Crippen LogP contribution in [0, 0.1) is 5.92 Å². The Morgan fingerprint density at radius 3 is 2.39 bits per heavy atom. The molecule has 0 aliphatic heterocycles. The van der Waals surface area contributed by atoms with Crippen molar-refractivity contribution in [2.75, 3.05) is 6.54 Å². The van der Waals surface area contributed by atoms with Crippen LogP contribution in [0.3, 0.4) is 0 Å². The molecule has 1 aliphatic rings. The van der Waals surface area contributed by atoms with Gasteiger partial charge >= 0.3 is 12.1 Å². The summed E-state index contributed by atoms with van der Waals surface area (Å²) in [6.45, 7) is 9.00. The summed E-state index contributed by atoms with van der Waals surface area (Å²) in [5.41, 5.74) is -0.636. The van der Waals surface area contributed by atoms with Crippen molar-refractivity contribution in [1.82, 2.24) is 4.90 Å². The van der Waals surface area contributed by atoms with Crippen LogP contribution in [0.1, 0.15) is 33.6 Å². The fourth-order valence-electron chi connectivity index (χ4n) is 1.76. The Labute approximate surface area is 107 Å². The van der Waals surface area contributed by atoms with E-state index in [1.807, 2.05) is 0 Å². The van der Waals surface area contributed by atoms with E-state index in [0.717, 1.165) is 12.8 Å². The number of nitrogens with zero attached hydrogens (tertiary/aromatic N) is 1. The van der Waals surface area contributed by atoms with Crippen LogP contribution < -0.4 is 0 Å². The smallest absolute Gasteiger partial charge is 0.411 e. The first-order valence-electron chi connectivity index (χ1n) is 6.09. The second kappa shape index (κ2) is 5.42. The Balaban J connectivity index is 2.82. The topological polar surface area (TPSA) is 66.8 Å². The van der Waals surface area contributed by atoms with E-state index in [2.05, 4.69) is 6.58 Å². The van der Waals surface area contributed by atoms with E-state index in [1.165, 1.54) is 11.0 Å². The van der Waals surface area contributed by atoms with Crippen LogP contribution in [-0.4, -0.2) is 40.3 Å². The zero-order chi connectivity index (χ0) is 13.9. The molecule has 1 saturated carbocycles. The molecular weight excluding hydrogens is 234 g/mol. The molecule has 0 bridgehead atoms. The van der Waals surface area contributed by atoms with Crippen molar-refractivity contribution in [3.63, 3.8) is 0 Å². The van der Waals surface area contributed by atoms with Crippen molar-refractivity contribution in [3.05, 3.63) is 12.7 Å². The van der Waals surface area contributed by atoms with E-state index in [-0.39, 0.29) is 12.5 Å². The predicted octanol–water partition coefficient (Wildman–Crippen LogP) is 2.27. The van der Waals surface area contributed by atoms with E-state index < -0.39 is 23.7 Å². The van der Waals surface area contributed by atoms with Crippen LogP contribution in [0.25, 0.3) is 0 Å². The number of ether oxygens (including phenoxy) is 1. The number of hydrogen-bond donors (Lipinski definition) is 1. The van der Waals surface area contributed by atoms with Gasteiger partial charge in [0.1, 0.15) is 11.6 Å². The number of aliphatic carboxylic acids is 1. The number of carboxylic acids is 1. The van der Waals surface area contributed by atoms with Crippen molar-refractivity contribution < 1.29 is 19.4 Å². The molecule has 0 aromatic rings. The third kappa shape index (κ3) is 4.05. The molecule has 18 heavy (non-hydrogen) atoms. The van der Waals surface area contributed by atoms with Gasteiger partial charge in [-0.1, -0.05) is 6.08 Å². The molecule has 0 saturated heterocycles. The van der Waals surface area contributed by atoms with Gasteiger partial charge in [-0.2, -0.15) is 0 Å². The molecule has 1 N–H and O–H groups in total. The highest BCUT2D eigenvalue weighted by Crippen LogP contribution is 2.36. The molecule has 102 valence electrons. The van der Waals surface area contributed by atoms with Crippen LogP contribution in [0.2, 0.25) is 0 Å². The number of amides is 1. The molecule has 0 radical (unpaired) electrons. The van der Waals surface area contributed by atoms with E-state index in [9.17, 15) is 14.7 Å². The number of carbonyl (C=O) groups excluding carboxylic acids is 1. The highest BCUT2D eigenvalue weighted by molar-refractivity contribution is 5.81. The lowest BCUT2D eigenvalue weighted by Gasteiger charge is -2.30.